The number of aliphatic hydroxyl groups is 4. The fourth-order valence-electron chi connectivity index (χ4n) is 3.71. The predicted octanol–water partition coefficient (Wildman–Crippen LogP) is -0.311. The maximum Gasteiger partial charge on any atom is 0.229 e. The maximum absolute atomic E-state index is 12.6. The largest absolute Gasteiger partial charge is 0.507 e. The lowest BCUT2D eigenvalue weighted by Crippen LogP contribution is -2.60. The fourth-order valence-corrected chi connectivity index (χ4v) is 3.71. The number of aromatic hydroxyl groups is 3. The predicted molar refractivity (Wildman–Crippen MR) is 105 cm³/mol. The number of rotatable bonds is 4. The van der Waals surface area contributed by atoms with E-state index in [1.165, 1.54) is 24.3 Å². The number of benzene rings is 2. The number of hydrogen-bond donors (Lipinski definition) is 7. The van der Waals surface area contributed by atoms with Crippen molar-refractivity contribution in [3.63, 3.8) is 0 Å². The van der Waals surface area contributed by atoms with Gasteiger partial charge in [0.15, 0.2) is 17.3 Å². The second-order valence-corrected chi connectivity index (χ2v) is 7.61. The molecule has 1 saturated heterocycles. The highest BCUT2D eigenvalue weighted by atomic mass is 16.7. The summed E-state index contributed by atoms with van der Waals surface area (Å²) in [7, 11) is 0. The molecule has 172 valence electrons. The van der Waals surface area contributed by atoms with Crippen molar-refractivity contribution in [2.45, 2.75) is 43.2 Å². The molecule has 2 aromatic rings. The number of Topliss-reactive ketones (excluding diaryl/α,β-unsaturated/α-hetero) is 1. The van der Waals surface area contributed by atoms with Crippen molar-refractivity contribution in [3.05, 3.63) is 41.5 Å². The second-order valence-electron chi connectivity index (χ2n) is 7.61. The van der Waals surface area contributed by atoms with E-state index in [1.54, 1.807) is 0 Å². The standard InChI is InChI=1S/C21H22O11/c22-7-16-18(27)19(28)20(29)21(32-16)30-9-4-12(25)17-13(26)6-14(31-15(17)5-9)8-1-2-10(23)11(24)3-8/h1-5,14,16,18-25,27-29H,6-7H2/t14-,16-,18+,19+,20-,21-/m0/s1. The highest BCUT2D eigenvalue weighted by Crippen LogP contribution is 2.43. The lowest BCUT2D eigenvalue weighted by Gasteiger charge is -2.39. The number of ether oxygens (including phenoxy) is 3. The quantitative estimate of drug-likeness (QED) is 0.303. The summed E-state index contributed by atoms with van der Waals surface area (Å²) in [5, 5.41) is 68.8. The minimum absolute atomic E-state index is 0.0293. The van der Waals surface area contributed by atoms with Crippen LogP contribution in [0.15, 0.2) is 30.3 Å². The van der Waals surface area contributed by atoms with Crippen molar-refractivity contribution in [2.24, 2.45) is 0 Å². The van der Waals surface area contributed by atoms with Crippen molar-refractivity contribution in [3.8, 4) is 28.7 Å². The Balaban J connectivity index is 1.60. The average Bonchev–Trinajstić information content (AvgIpc) is 2.75. The normalized spacial score (nSPS) is 29.8. The van der Waals surface area contributed by atoms with Crippen LogP contribution in [0.2, 0.25) is 0 Å². The van der Waals surface area contributed by atoms with Crippen LogP contribution in [0.25, 0.3) is 0 Å². The smallest absolute Gasteiger partial charge is 0.229 e. The zero-order valence-corrected chi connectivity index (χ0v) is 16.5. The Kier molecular flexibility index (Phi) is 5.84. The molecular weight excluding hydrogens is 428 g/mol. The third-order valence-corrected chi connectivity index (χ3v) is 5.45. The van der Waals surface area contributed by atoms with Crippen LogP contribution < -0.4 is 9.47 Å². The molecule has 6 atom stereocenters. The molecule has 32 heavy (non-hydrogen) atoms. The summed E-state index contributed by atoms with van der Waals surface area (Å²) in [5.74, 6) is -1.69. The molecule has 11 nitrogen and oxygen atoms in total. The molecule has 0 saturated carbocycles. The van der Waals surface area contributed by atoms with Crippen molar-refractivity contribution in [2.75, 3.05) is 6.61 Å². The van der Waals surface area contributed by atoms with Crippen molar-refractivity contribution in [1.29, 1.82) is 0 Å². The van der Waals surface area contributed by atoms with Crippen LogP contribution in [0.3, 0.4) is 0 Å². The first-order valence-corrected chi connectivity index (χ1v) is 9.75. The number of carbonyl (C=O) groups is 1. The maximum atomic E-state index is 12.6. The van der Waals surface area contributed by atoms with E-state index in [-0.39, 0.29) is 35.0 Å². The minimum Gasteiger partial charge on any atom is -0.507 e. The van der Waals surface area contributed by atoms with Crippen LogP contribution in [0.4, 0.5) is 0 Å². The molecule has 4 rings (SSSR count). The lowest BCUT2D eigenvalue weighted by molar-refractivity contribution is -0.277. The summed E-state index contributed by atoms with van der Waals surface area (Å²) >= 11 is 0. The molecule has 2 aliphatic rings. The molecule has 2 aromatic carbocycles. The Labute approximate surface area is 181 Å². The Bertz CT molecular complexity index is 1020. The molecule has 1 fully saturated rings. The highest BCUT2D eigenvalue weighted by molar-refractivity contribution is 6.02. The SMILES string of the molecule is O=C1C[C@@H](c2ccc(O)c(O)c2)Oc2cc(O[C@H]3O[C@@H](CO)[C@@H](O)[C@@H](O)[C@@H]3O)cc(O)c21. The molecule has 0 radical (unpaired) electrons. The van der Waals surface area contributed by atoms with Gasteiger partial charge < -0.3 is 50.0 Å². The highest BCUT2D eigenvalue weighted by Gasteiger charge is 2.45. The second kappa shape index (κ2) is 8.45. The van der Waals surface area contributed by atoms with Gasteiger partial charge in [0.05, 0.1) is 13.0 Å². The van der Waals surface area contributed by atoms with Crippen LogP contribution in [0.1, 0.15) is 28.4 Å². The van der Waals surface area contributed by atoms with E-state index in [4.69, 9.17) is 14.2 Å². The number of fused-ring (bicyclic) bond motifs is 1. The van der Waals surface area contributed by atoms with Crippen LogP contribution in [0, 0.1) is 0 Å². The zero-order valence-electron chi connectivity index (χ0n) is 16.5. The Morgan fingerprint density at radius 1 is 0.938 bits per heavy atom. The molecule has 7 N–H and O–H groups in total. The Hall–Kier alpha value is -3.09. The van der Waals surface area contributed by atoms with Gasteiger partial charge in [-0.25, -0.2) is 0 Å². The van der Waals surface area contributed by atoms with Gasteiger partial charge in [0.1, 0.15) is 53.3 Å². The van der Waals surface area contributed by atoms with Gasteiger partial charge in [-0.3, -0.25) is 4.79 Å². The molecular formula is C21H22O11. The van der Waals surface area contributed by atoms with Gasteiger partial charge >= 0.3 is 0 Å². The number of ketones is 1. The molecule has 11 heteroatoms. The van der Waals surface area contributed by atoms with E-state index >= 15 is 0 Å². The first kappa shape index (κ1) is 22.1. The number of hydrogen-bond acceptors (Lipinski definition) is 11. The lowest BCUT2D eigenvalue weighted by atomic mass is 9.95. The molecule has 0 amide bonds. The molecule has 0 unspecified atom stereocenters. The average molecular weight is 450 g/mol. The van der Waals surface area contributed by atoms with Crippen LogP contribution >= 0.6 is 0 Å². The summed E-state index contributed by atoms with van der Waals surface area (Å²) in [5.41, 5.74) is 0.337. The van der Waals surface area contributed by atoms with E-state index < -0.39 is 54.9 Å². The third-order valence-electron chi connectivity index (χ3n) is 5.45. The summed E-state index contributed by atoms with van der Waals surface area (Å²) in [6, 6.07) is 6.37. The minimum atomic E-state index is -1.67. The van der Waals surface area contributed by atoms with E-state index in [1.807, 2.05) is 0 Å². The van der Waals surface area contributed by atoms with E-state index in [0.717, 1.165) is 6.07 Å². The monoisotopic (exact) mass is 450 g/mol. The van der Waals surface area contributed by atoms with Gasteiger partial charge in [-0.15, -0.1) is 0 Å². The van der Waals surface area contributed by atoms with Crippen molar-refractivity contribution >= 4 is 5.78 Å². The van der Waals surface area contributed by atoms with Crippen molar-refractivity contribution < 1.29 is 54.8 Å². The third kappa shape index (κ3) is 3.92. The van der Waals surface area contributed by atoms with Gasteiger partial charge in [-0.2, -0.15) is 0 Å². The molecule has 0 aliphatic carbocycles. The van der Waals surface area contributed by atoms with E-state index in [9.17, 15) is 40.5 Å². The topological polar surface area (TPSA) is 186 Å². The summed E-state index contributed by atoms with van der Waals surface area (Å²) < 4.78 is 16.6. The first-order valence-electron chi connectivity index (χ1n) is 9.75. The molecule has 2 aliphatic heterocycles. The fraction of sp³-hybridized carbons (Fsp3) is 0.381. The summed E-state index contributed by atoms with van der Waals surface area (Å²) in [4.78, 5) is 12.6. The number of aliphatic hydroxyl groups excluding tert-OH is 4. The molecule has 0 aromatic heterocycles. The van der Waals surface area contributed by atoms with Crippen molar-refractivity contribution in [1.82, 2.24) is 0 Å². The molecule has 0 bridgehead atoms. The first-order chi connectivity index (χ1) is 15.2. The van der Waals surface area contributed by atoms with Crippen LogP contribution in [-0.4, -0.2) is 78.8 Å². The van der Waals surface area contributed by atoms with Crippen LogP contribution in [-0.2, 0) is 4.74 Å². The number of phenols is 3. The zero-order chi connectivity index (χ0) is 23.2. The molecule has 0 spiro atoms. The Morgan fingerprint density at radius 2 is 1.69 bits per heavy atom. The Morgan fingerprint density at radius 3 is 2.38 bits per heavy atom. The van der Waals surface area contributed by atoms with E-state index in [0.29, 0.717) is 5.56 Å². The summed E-state index contributed by atoms with van der Waals surface area (Å²) in [6.07, 6.45) is -8.50. The molecule has 2 heterocycles. The van der Waals surface area contributed by atoms with Gasteiger partial charge in [0.25, 0.3) is 0 Å². The van der Waals surface area contributed by atoms with Gasteiger partial charge in [0.2, 0.25) is 6.29 Å². The van der Waals surface area contributed by atoms with Gasteiger partial charge in [0, 0.05) is 12.1 Å². The van der Waals surface area contributed by atoms with Gasteiger partial charge in [-0.1, -0.05) is 6.07 Å². The van der Waals surface area contributed by atoms with Gasteiger partial charge in [-0.05, 0) is 17.7 Å². The number of carbonyl (C=O) groups excluding carboxylic acids is 1. The van der Waals surface area contributed by atoms with Crippen LogP contribution in [0.5, 0.6) is 28.7 Å². The summed E-state index contributed by atoms with van der Waals surface area (Å²) in [6.45, 7) is -0.640. The number of phenolic OH excluding ortho intramolecular Hbond substituents is 3. The van der Waals surface area contributed by atoms with E-state index in [2.05, 4.69) is 0 Å².